The maximum atomic E-state index is 11.0. The largest absolute Gasteiger partial charge is 0.469 e. The maximum Gasteiger partial charge on any atom is 0.305 e. The Morgan fingerprint density at radius 2 is 1.56 bits per heavy atom. The molecule has 0 aromatic rings. The van der Waals surface area contributed by atoms with Crippen molar-refractivity contribution >= 4 is 5.97 Å². The molecule has 0 aliphatic heterocycles. The molecular weight excluding hydrogens is 344 g/mol. The molecule has 5 heteroatoms. The van der Waals surface area contributed by atoms with Gasteiger partial charge < -0.3 is 20.1 Å². The van der Waals surface area contributed by atoms with E-state index in [4.69, 9.17) is 0 Å². The van der Waals surface area contributed by atoms with Crippen molar-refractivity contribution in [3.05, 3.63) is 48.6 Å². The molecule has 0 spiro atoms. The lowest BCUT2D eigenvalue weighted by Gasteiger charge is -2.13. The SMILES string of the molecule is CCCCC[C@@H](C=CC=CC=CC=C[C@@H](O)[C@@H](O)CCCC(=O)OC)CO. The van der Waals surface area contributed by atoms with Gasteiger partial charge in [-0.3, -0.25) is 4.79 Å². The Balaban J connectivity index is 4.08. The number of unbranched alkanes of at least 4 members (excludes halogenated alkanes) is 2. The minimum absolute atomic E-state index is 0.173. The summed E-state index contributed by atoms with van der Waals surface area (Å²) >= 11 is 0. The third-order valence-corrected chi connectivity index (χ3v) is 4.16. The molecule has 0 amide bonds. The van der Waals surface area contributed by atoms with Crippen LogP contribution in [0.25, 0.3) is 0 Å². The van der Waals surface area contributed by atoms with E-state index in [1.807, 2.05) is 30.4 Å². The van der Waals surface area contributed by atoms with Crippen LogP contribution in [0.1, 0.15) is 51.9 Å². The van der Waals surface area contributed by atoms with E-state index in [9.17, 15) is 20.1 Å². The lowest BCUT2D eigenvalue weighted by molar-refractivity contribution is -0.140. The molecule has 3 N–H and O–H groups in total. The second kappa shape index (κ2) is 17.7. The highest BCUT2D eigenvalue weighted by atomic mass is 16.5. The van der Waals surface area contributed by atoms with Gasteiger partial charge in [-0.15, -0.1) is 0 Å². The number of carbonyl (C=O) groups is 1. The van der Waals surface area contributed by atoms with Gasteiger partial charge in [-0.05, 0) is 19.3 Å². The zero-order valence-electron chi connectivity index (χ0n) is 16.7. The molecule has 0 saturated heterocycles. The fraction of sp³-hybridized carbons (Fsp3) is 0.591. The van der Waals surface area contributed by atoms with Crippen LogP contribution in [0.5, 0.6) is 0 Å². The molecule has 0 unspecified atom stereocenters. The van der Waals surface area contributed by atoms with Crippen molar-refractivity contribution in [1.82, 2.24) is 0 Å². The van der Waals surface area contributed by atoms with Gasteiger partial charge >= 0.3 is 5.97 Å². The first-order chi connectivity index (χ1) is 13.0. The van der Waals surface area contributed by atoms with Gasteiger partial charge in [0.15, 0.2) is 0 Å². The van der Waals surface area contributed by atoms with Crippen LogP contribution in [-0.4, -0.2) is 47.2 Å². The van der Waals surface area contributed by atoms with Crippen molar-refractivity contribution in [1.29, 1.82) is 0 Å². The predicted molar refractivity (Wildman–Crippen MR) is 109 cm³/mol. The van der Waals surface area contributed by atoms with Crippen LogP contribution in [-0.2, 0) is 9.53 Å². The van der Waals surface area contributed by atoms with E-state index in [2.05, 4.69) is 11.7 Å². The third-order valence-electron chi connectivity index (χ3n) is 4.16. The number of rotatable bonds is 15. The summed E-state index contributed by atoms with van der Waals surface area (Å²) in [6, 6.07) is 0. The van der Waals surface area contributed by atoms with Gasteiger partial charge in [0.1, 0.15) is 0 Å². The Morgan fingerprint density at radius 3 is 2.15 bits per heavy atom. The van der Waals surface area contributed by atoms with Crippen LogP contribution in [0.15, 0.2) is 48.6 Å². The van der Waals surface area contributed by atoms with Crippen molar-refractivity contribution in [2.75, 3.05) is 13.7 Å². The molecule has 0 aliphatic rings. The second-order valence-electron chi connectivity index (χ2n) is 6.50. The summed E-state index contributed by atoms with van der Waals surface area (Å²) in [5.41, 5.74) is 0. The minimum Gasteiger partial charge on any atom is -0.469 e. The fourth-order valence-corrected chi connectivity index (χ4v) is 2.42. The van der Waals surface area contributed by atoms with Gasteiger partial charge in [0.25, 0.3) is 0 Å². The average Bonchev–Trinajstić information content (AvgIpc) is 2.67. The Bertz CT molecular complexity index is 479. The second-order valence-corrected chi connectivity index (χ2v) is 6.50. The number of hydrogen-bond donors (Lipinski definition) is 3. The number of carbonyl (C=O) groups excluding carboxylic acids is 1. The Morgan fingerprint density at radius 1 is 0.926 bits per heavy atom. The van der Waals surface area contributed by atoms with E-state index in [0.717, 1.165) is 12.8 Å². The molecule has 5 nitrogen and oxygen atoms in total. The summed E-state index contributed by atoms with van der Waals surface area (Å²) in [5, 5.41) is 28.9. The van der Waals surface area contributed by atoms with Crippen LogP contribution in [0.2, 0.25) is 0 Å². The fourth-order valence-electron chi connectivity index (χ4n) is 2.42. The highest BCUT2D eigenvalue weighted by Gasteiger charge is 2.13. The molecule has 0 aliphatic carbocycles. The summed E-state index contributed by atoms with van der Waals surface area (Å²) in [7, 11) is 1.32. The van der Waals surface area contributed by atoms with Crippen LogP contribution >= 0.6 is 0 Å². The number of methoxy groups -OCH3 is 1. The minimum atomic E-state index is -0.968. The van der Waals surface area contributed by atoms with E-state index in [1.165, 1.54) is 26.0 Å². The van der Waals surface area contributed by atoms with Gasteiger partial charge in [0.05, 0.1) is 19.3 Å². The number of esters is 1. The summed E-state index contributed by atoms with van der Waals surface area (Å²) < 4.78 is 4.52. The lowest BCUT2D eigenvalue weighted by Crippen LogP contribution is -2.23. The average molecular weight is 381 g/mol. The van der Waals surface area contributed by atoms with Crippen LogP contribution in [0, 0.1) is 5.92 Å². The Labute approximate surface area is 163 Å². The molecule has 0 radical (unpaired) electrons. The first-order valence-corrected chi connectivity index (χ1v) is 9.77. The lowest BCUT2D eigenvalue weighted by atomic mass is 10.0. The van der Waals surface area contributed by atoms with E-state index in [1.54, 1.807) is 12.2 Å². The number of ether oxygens (including phenoxy) is 1. The van der Waals surface area contributed by atoms with Crippen molar-refractivity contribution in [2.24, 2.45) is 5.92 Å². The highest BCUT2D eigenvalue weighted by molar-refractivity contribution is 5.68. The molecule has 0 saturated carbocycles. The first kappa shape index (κ1) is 25.3. The smallest absolute Gasteiger partial charge is 0.305 e. The topological polar surface area (TPSA) is 87.0 Å². The monoisotopic (exact) mass is 380 g/mol. The van der Waals surface area contributed by atoms with Crippen LogP contribution in [0.4, 0.5) is 0 Å². The summed E-state index contributed by atoms with van der Waals surface area (Å²) in [6.45, 7) is 2.34. The zero-order valence-corrected chi connectivity index (χ0v) is 16.7. The standard InChI is InChI=1S/C22H36O5/c1-3-4-9-13-19(18-23)14-10-7-5-6-8-11-15-20(24)21(25)16-12-17-22(26)27-2/h5-8,10-11,14-15,19-21,23-25H,3-4,9,12-13,16-18H2,1-2H3/t19-,20+,21-/m0/s1. The van der Waals surface area contributed by atoms with E-state index >= 15 is 0 Å². The molecule has 0 fully saturated rings. The highest BCUT2D eigenvalue weighted by Crippen LogP contribution is 2.11. The summed E-state index contributed by atoms with van der Waals surface area (Å²) in [5.74, 6) is -0.108. The summed E-state index contributed by atoms with van der Waals surface area (Å²) in [4.78, 5) is 11.0. The normalized spacial score (nSPS) is 15.9. The van der Waals surface area contributed by atoms with Crippen LogP contribution < -0.4 is 0 Å². The van der Waals surface area contributed by atoms with Gasteiger partial charge in [-0.25, -0.2) is 0 Å². The quantitative estimate of drug-likeness (QED) is 0.230. The van der Waals surface area contributed by atoms with Crippen molar-refractivity contribution in [2.45, 2.75) is 64.1 Å². The molecular formula is C22H36O5. The number of aliphatic hydroxyl groups is 3. The van der Waals surface area contributed by atoms with E-state index in [-0.39, 0.29) is 24.9 Å². The molecule has 154 valence electrons. The van der Waals surface area contributed by atoms with E-state index < -0.39 is 12.2 Å². The van der Waals surface area contributed by atoms with Gasteiger partial charge in [-0.1, -0.05) is 74.8 Å². The summed E-state index contributed by atoms with van der Waals surface area (Å²) in [6.07, 6.45) is 18.2. The van der Waals surface area contributed by atoms with Crippen molar-refractivity contribution in [3.63, 3.8) is 0 Å². The molecule has 3 atom stereocenters. The molecule has 0 heterocycles. The predicted octanol–water partition coefficient (Wildman–Crippen LogP) is 3.47. The number of hydrogen-bond acceptors (Lipinski definition) is 5. The maximum absolute atomic E-state index is 11.0. The first-order valence-electron chi connectivity index (χ1n) is 9.77. The van der Waals surface area contributed by atoms with Crippen molar-refractivity contribution in [3.8, 4) is 0 Å². The zero-order chi connectivity index (χ0) is 20.3. The van der Waals surface area contributed by atoms with E-state index in [0.29, 0.717) is 12.8 Å². The number of allylic oxidation sites excluding steroid dienone is 6. The number of aliphatic hydroxyl groups excluding tert-OH is 3. The Hall–Kier alpha value is -1.69. The van der Waals surface area contributed by atoms with Gasteiger partial charge in [-0.2, -0.15) is 0 Å². The molecule has 27 heavy (non-hydrogen) atoms. The molecule has 0 aromatic carbocycles. The molecule has 0 bridgehead atoms. The van der Waals surface area contributed by atoms with Crippen molar-refractivity contribution < 1.29 is 24.9 Å². The Kier molecular flexibility index (Phi) is 16.6. The van der Waals surface area contributed by atoms with Crippen LogP contribution in [0.3, 0.4) is 0 Å². The molecule has 0 aromatic heterocycles. The molecule has 0 rings (SSSR count). The van der Waals surface area contributed by atoms with Gasteiger partial charge in [0.2, 0.25) is 0 Å². The third kappa shape index (κ3) is 15.1. The van der Waals surface area contributed by atoms with Gasteiger partial charge in [0, 0.05) is 18.9 Å².